The predicted molar refractivity (Wildman–Crippen MR) is 72.6 cm³/mol. The normalized spacial score (nSPS) is 12.6. The van der Waals surface area contributed by atoms with E-state index < -0.39 is 0 Å². The molecule has 1 N–H and O–H groups in total. The van der Waals surface area contributed by atoms with Gasteiger partial charge in [-0.25, -0.2) is 9.37 Å². The van der Waals surface area contributed by atoms with E-state index in [1.54, 1.807) is 6.07 Å². The number of hydrogen-bond acceptors (Lipinski definition) is 2. The highest BCUT2D eigenvalue weighted by Gasteiger charge is 2.15. The van der Waals surface area contributed by atoms with Crippen molar-refractivity contribution < 1.29 is 9.18 Å². The molecule has 1 heterocycles. The van der Waals surface area contributed by atoms with E-state index in [0.29, 0.717) is 29.9 Å². The van der Waals surface area contributed by atoms with Gasteiger partial charge < -0.3 is 9.88 Å². The zero-order valence-electron chi connectivity index (χ0n) is 10.8. The minimum absolute atomic E-state index is 0.101. The molecule has 1 aromatic carbocycles. The van der Waals surface area contributed by atoms with E-state index in [1.807, 2.05) is 11.5 Å². The Kier molecular flexibility index (Phi) is 4.04. The third-order valence-electron chi connectivity index (χ3n) is 2.80. The Bertz CT molecular complexity index is 609. The second-order valence-electron chi connectivity index (χ2n) is 4.35. The summed E-state index contributed by atoms with van der Waals surface area (Å²) in [4.78, 5) is 15.3. The Morgan fingerprint density at radius 3 is 2.95 bits per heavy atom. The lowest BCUT2D eigenvalue weighted by Crippen LogP contribution is -2.25. The van der Waals surface area contributed by atoms with Crippen molar-refractivity contribution in [1.29, 1.82) is 0 Å². The summed E-state index contributed by atoms with van der Waals surface area (Å²) in [5.74, 6) is 0.255. The molecule has 0 radical (unpaired) electrons. The summed E-state index contributed by atoms with van der Waals surface area (Å²) in [6.45, 7) is 4.23. The number of fused-ring (bicyclic) bond motifs is 1. The summed E-state index contributed by atoms with van der Waals surface area (Å²) in [7, 11) is 0. The minimum Gasteiger partial charge on any atom is -0.355 e. The molecule has 1 aromatic heterocycles. The van der Waals surface area contributed by atoms with Gasteiger partial charge in [-0.1, -0.05) is 0 Å². The van der Waals surface area contributed by atoms with Crippen LogP contribution in [0.4, 0.5) is 4.39 Å². The third-order valence-corrected chi connectivity index (χ3v) is 3.00. The Labute approximate surface area is 115 Å². The Morgan fingerprint density at radius 1 is 1.58 bits per heavy atom. The lowest BCUT2D eigenvalue weighted by atomic mass is 10.3. The highest BCUT2D eigenvalue weighted by Crippen LogP contribution is 2.24. The van der Waals surface area contributed by atoms with Crippen LogP contribution < -0.4 is 5.32 Å². The molecule has 6 heteroatoms. The molecule has 1 atom stereocenters. The average Bonchev–Trinajstić information content (AvgIpc) is 2.67. The first-order chi connectivity index (χ1) is 8.99. The number of rotatable bonds is 4. The van der Waals surface area contributed by atoms with Crippen LogP contribution in [0.2, 0.25) is 0 Å². The lowest BCUT2D eigenvalue weighted by molar-refractivity contribution is -0.118. The molecule has 0 fully saturated rings. The van der Waals surface area contributed by atoms with Gasteiger partial charge in [-0.05, 0) is 25.1 Å². The van der Waals surface area contributed by atoms with Crippen molar-refractivity contribution in [3.8, 4) is 0 Å². The molecule has 0 bridgehead atoms. The van der Waals surface area contributed by atoms with Crippen molar-refractivity contribution in [2.45, 2.75) is 25.8 Å². The highest BCUT2D eigenvalue weighted by molar-refractivity contribution is 6.20. The average molecular weight is 284 g/mol. The maximum absolute atomic E-state index is 13.3. The number of aromatic nitrogens is 2. The number of nitrogens with zero attached hydrogens (tertiary/aromatic N) is 2. The van der Waals surface area contributed by atoms with Gasteiger partial charge in [0.05, 0.1) is 16.4 Å². The maximum Gasteiger partial charge on any atom is 0.216 e. The number of nitrogens with one attached hydrogen (secondary N) is 1. The summed E-state index contributed by atoms with van der Waals surface area (Å²) < 4.78 is 15.2. The molecule has 2 aromatic rings. The van der Waals surface area contributed by atoms with Gasteiger partial charge in [-0.3, -0.25) is 4.79 Å². The summed E-state index contributed by atoms with van der Waals surface area (Å²) in [5, 5.41) is 2.42. The number of carbonyl (C=O) groups excluding carboxylic acids is 1. The molecule has 0 saturated carbocycles. The zero-order chi connectivity index (χ0) is 14.0. The van der Waals surface area contributed by atoms with Crippen molar-refractivity contribution >= 4 is 28.5 Å². The van der Waals surface area contributed by atoms with Crippen molar-refractivity contribution in [1.82, 2.24) is 14.9 Å². The topological polar surface area (TPSA) is 46.9 Å². The smallest absolute Gasteiger partial charge is 0.216 e. The number of hydrogen-bond donors (Lipinski definition) is 1. The van der Waals surface area contributed by atoms with Crippen molar-refractivity contribution in [2.75, 3.05) is 6.54 Å². The molecule has 1 unspecified atom stereocenters. The van der Waals surface area contributed by atoms with E-state index in [0.717, 1.165) is 0 Å². The van der Waals surface area contributed by atoms with E-state index in [9.17, 15) is 9.18 Å². The van der Waals surface area contributed by atoms with Crippen LogP contribution in [0.15, 0.2) is 18.2 Å². The molecule has 2 rings (SSSR count). The van der Waals surface area contributed by atoms with Gasteiger partial charge in [0, 0.05) is 20.0 Å². The second-order valence-corrected chi connectivity index (χ2v) is 5.01. The van der Waals surface area contributed by atoms with E-state index in [1.165, 1.54) is 19.1 Å². The van der Waals surface area contributed by atoms with Crippen LogP contribution in [0.5, 0.6) is 0 Å². The molecule has 4 nitrogen and oxygen atoms in total. The van der Waals surface area contributed by atoms with E-state index >= 15 is 0 Å². The fourth-order valence-electron chi connectivity index (χ4n) is 2.00. The summed E-state index contributed by atoms with van der Waals surface area (Å²) in [5.41, 5.74) is 1.39. The molecule has 102 valence electrons. The quantitative estimate of drug-likeness (QED) is 0.877. The van der Waals surface area contributed by atoms with Gasteiger partial charge in [0.15, 0.2) is 0 Å². The SMILES string of the molecule is CC(=O)NCCn1c(C(C)Cl)nc2ccc(F)cc21. The second kappa shape index (κ2) is 5.57. The largest absolute Gasteiger partial charge is 0.355 e. The highest BCUT2D eigenvalue weighted by atomic mass is 35.5. The molecule has 0 spiro atoms. The van der Waals surface area contributed by atoms with Gasteiger partial charge in [0.2, 0.25) is 5.91 Å². The monoisotopic (exact) mass is 283 g/mol. The molecule has 0 aliphatic heterocycles. The summed E-state index contributed by atoms with van der Waals surface area (Å²) in [6.07, 6.45) is 0. The van der Waals surface area contributed by atoms with E-state index in [-0.39, 0.29) is 17.1 Å². The van der Waals surface area contributed by atoms with Gasteiger partial charge >= 0.3 is 0 Å². The Balaban J connectivity index is 2.39. The van der Waals surface area contributed by atoms with Crippen LogP contribution in [0.25, 0.3) is 11.0 Å². The fourth-order valence-corrected chi connectivity index (χ4v) is 2.16. The molecule has 0 saturated heterocycles. The van der Waals surface area contributed by atoms with Crippen LogP contribution in [-0.2, 0) is 11.3 Å². The van der Waals surface area contributed by atoms with Gasteiger partial charge in [-0.15, -0.1) is 11.6 Å². The van der Waals surface area contributed by atoms with Crippen molar-refractivity contribution in [2.24, 2.45) is 0 Å². The number of imidazole rings is 1. The zero-order valence-corrected chi connectivity index (χ0v) is 11.5. The van der Waals surface area contributed by atoms with Crippen LogP contribution in [-0.4, -0.2) is 22.0 Å². The van der Waals surface area contributed by atoms with Crippen LogP contribution in [0.1, 0.15) is 25.0 Å². The van der Waals surface area contributed by atoms with Crippen LogP contribution in [0, 0.1) is 5.82 Å². The first-order valence-corrected chi connectivity index (χ1v) is 6.47. The minimum atomic E-state index is -0.318. The molecule has 1 amide bonds. The van der Waals surface area contributed by atoms with Gasteiger partial charge in [0.25, 0.3) is 0 Å². The number of amides is 1. The van der Waals surface area contributed by atoms with E-state index in [4.69, 9.17) is 11.6 Å². The Morgan fingerprint density at radius 2 is 2.32 bits per heavy atom. The number of benzene rings is 1. The number of carbonyl (C=O) groups is 1. The fraction of sp³-hybridized carbons (Fsp3) is 0.385. The summed E-state index contributed by atoms with van der Waals surface area (Å²) >= 11 is 6.10. The molecular formula is C13H15ClFN3O. The lowest BCUT2D eigenvalue weighted by Gasteiger charge is -2.10. The van der Waals surface area contributed by atoms with Crippen LogP contribution >= 0.6 is 11.6 Å². The van der Waals surface area contributed by atoms with Crippen LogP contribution in [0.3, 0.4) is 0 Å². The molecular weight excluding hydrogens is 269 g/mol. The summed E-state index contributed by atoms with van der Waals surface area (Å²) in [6, 6.07) is 4.43. The van der Waals surface area contributed by atoms with Crippen molar-refractivity contribution in [3.63, 3.8) is 0 Å². The number of halogens is 2. The molecule has 0 aliphatic rings. The Hall–Kier alpha value is -1.62. The third kappa shape index (κ3) is 3.04. The first-order valence-electron chi connectivity index (χ1n) is 6.03. The first kappa shape index (κ1) is 13.8. The maximum atomic E-state index is 13.3. The van der Waals surface area contributed by atoms with Gasteiger partial charge in [-0.2, -0.15) is 0 Å². The molecule has 0 aliphatic carbocycles. The van der Waals surface area contributed by atoms with E-state index in [2.05, 4.69) is 10.3 Å². The number of alkyl halides is 1. The van der Waals surface area contributed by atoms with Crippen molar-refractivity contribution in [3.05, 3.63) is 29.8 Å². The standard InChI is InChI=1S/C13H15ClFN3O/c1-8(14)13-17-11-4-3-10(15)7-12(11)18(13)6-5-16-9(2)19/h3-4,7-8H,5-6H2,1-2H3,(H,16,19). The van der Waals surface area contributed by atoms with Gasteiger partial charge in [0.1, 0.15) is 11.6 Å². The predicted octanol–water partition coefficient (Wildman–Crippen LogP) is 2.61. The molecule has 19 heavy (non-hydrogen) atoms.